The van der Waals surface area contributed by atoms with Gasteiger partial charge in [0.15, 0.2) is 0 Å². The number of amides is 2. The summed E-state index contributed by atoms with van der Waals surface area (Å²) >= 11 is 2.10. The maximum absolute atomic E-state index is 12.0. The summed E-state index contributed by atoms with van der Waals surface area (Å²) < 4.78 is 16.6. The van der Waals surface area contributed by atoms with Gasteiger partial charge in [-0.2, -0.15) is 11.8 Å². The Morgan fingerprint density at radius 2 is 1.57 bits per heavy atom. The molecule has 1 fully saturated rings. The number of rotatable bonds is 20. The summed E-state index contributed by atoms with van der Waals surface area (Å²) in [6.45, 7) is 10.4. The van der Waals surface area contributed by atoms with E-state index in [1.807, 2.05) is 24.3 Å². The van der Waals surface area contributed by atoms with Gasteiger partial charge in [0, 0.05) is 37.1 Å². The predicted octanol–water partition coefficient (Wildman–Crippen LogP) is 5.08. The molecule has 1 heterocycles. The number of unbranched alkanes of at least 4 members (excludes halogenated alkanes) is 1. The molecule has 0 aromatic heterocycles. The van der Waals surface area contributed by atoms with E-state index in [2.05, 4.69) is 43.2 Å². The van der Waals surface area contributed by atoms with Crippen LogP contribution in [-0.2, 0) is 30.2 Å². The van der Waals surface area contributed by atoms with Crippen molar-refractivity contribution in [2.75, 3.05) is 57.3 Å². The van der Waals surface area contributed by atoms with Crippen LogP contribution in [0.4, 0.5) is 5.69 Å². The van der Waals surface area contributed by atoms with Crippen LogP contribution in [0.5, 0.6) is 0 Å². The van der Waals surface area contributed by atoms with Crippen molar-refractivity contribution in [3.63, 3.8) is 0 Å². The summed E-state index contributed by atoms with van der Waals surface area (Å²) in [5.41, 5.74) is 2.06. The van der Waals surface area contributed by atoms with Crippen LogP contribution in [0.25, 0.3) is 0 Å². The van der Waals surface area contributed by atoms with Crippen LogP contribution in [0, 0.1) is 11.8 Å². The SMILES string of the molecule is CCc1ccc(NC(=O)CCOCCCOCCOCCNC(=O)CCCCC2SCC(C)C2C)cc1. The van der Waals surface area contributed by atoms with Crippen LogP contribution in [0.2, 0.25) is 0 Å². The van der Waals surface area contributed by atoms with Gasteiger partial charge in [0.1, 0.15) is 0 Å². The Bertz CT molecular complexity index is 761. The highest BCUT2D eigenvalue weighted by molar-refractivity contribution is 8.00. The van der Waals surface area contributed by atoms with E-state index in [1.165, 1.54) is 17.7 Å². The molecule has 0 saturated carbocycles. The fourth-order valence-corrected chi connectivity index (χ4v) is 5.93. The molecule has 1 aliphatic rings. The number of nitrogens with one attached hydrogen (secondary N) is 2. The second-order valence-corrected chi connectivity index (χ2v) is 11.1. The van der Waals surface area contributed by atoms with Crippen molar-refractivity contribution in [1.29, 1.82) is 0 Å². The van der Waals surface area contributed by atoms with E-state index in [-0.39, 0.29) is 11.8 Å². The molecule has 210 valence electrons. The topological polar surface area (TPSA) is 85.9 Å². The standard InChI is InChI=1S/C29H48N2O5S/c1-4-25-10-12-26(13-11-25)31-29(33)14-18-34-16-7-17-35-20-21-36-19-15-30-28(32)9-6-5-8-27-24(3)23(2)22-37-27/h10-13,23-24,27H,4-9,14-22H2,1-3H3,(H,30,32)(H,31,33). The van der Waals surface area contributed by atoms with E-state index in [0.717, 1.165) is 48.5 Å². The van der Waals surface area contributed by atoms with Crippen LogP contribution in [0.15, 0.2) is 24.3 Å². The largest absolute Gasteiger partial charge is 0.381 e. The molecule has 0 radical (unpaired) electrons. The molecule has 1 saturated heterocycles. The van der Waals surface area contributed by atoms with Gasteiger partial charge in [-0.15, -0.1) is 0 Å². The third kappa shape index (κ3) is 14.2. The van der Waals surface area contributed by atoms with Crippen LogP contribution >= 0.6 is 11.8 Å². The molecule has 7 nitrogen and oxygen atoms in total. The highest BCUT2D eigenvalue weighted by Crippen LogP contribution is 2.39. The summed E-state index contributed by atoms with van der Waals surface area (Å²) in [7, 11) is 0. The highest BCUT2D eigenvalue weighted by atomic mass is 32.2. The number of carbonyl (C=O) groups is 2. The monoisotopic (exact) mass is 536 g/mol. The molecule has 1 aromatic rings. The Hall–Kier alpha value is -1.61. The Morgan fingerprint density at radius 1 is 0.865 bits per heavy atom. The minimum Gasteiger partial charge on any atom is -0.381 e. The summed E-state index contributed by atoms with van der Waals surface area (Å²) in [5, 5.41) is 6.58. The maximum Gasteiger partial charge on any atom is 0.226 e. The number of aryl methyl sites for hydroxylation is 1. The van der Waals surface area contributed by atoms with E-state index in [9.17, 15) is 9.59 Å². The fourth-order valence-electron chi connectivity index (χ4n) is 4.17. The molecule has 1 aromatic carbocycles. The molecular formula is C29H48N2O5S. The lowest BCUT2D eigenvalue weighted by Crippen LogP contribution is -2.27. The normalized spacial score (nSPS) is 19.2. The van der Waals surface area contributed by atoms with Crippen LogP contribution in [-0.4, -0.2) is 69.0 Å². The lowest BCUT2D eigenvalue weighted by Gasteiger charge is -2.16. The van der Waals surface area contributed by atoms with Crippen molar-refractivity contribution in [1.82, 2.24) is 5.32 Å². The first-order chi connectivity index (χ1) is 18.0. The number of anilines is 1. The zero-order valence-electron chi connectivity index (χ0n) is 23.1. The van der Waals surface area contributed by atoms with Crippen LogP contribution in [0.1, 0.15) is 64.9 Å². The molecule has 37 heavy (non-hydrogen) atoms. The van der Waals surface area contributed by atoms with Gasteiger partial charge in [-0.05, 0) is 61.0 Å². The van der Waals surface area contributed by atoms with E-state index in [1.54, 1.807) is 0 Å². The third-order valence-corrected chi connectivity index (χ3v) is 8.65. The van der Waals surface area contributed by atoms with Gasteiger partial charge >= 0.3 is 0 Å². The summed E-state index contributed by atoms with van der Waals surface area (Å²) in [5.74, 6) is 2.97. The number of ether oxygens (including phenoxy) is 3. The Kier molecular flexibility index (Phi) is 16.6. The molecule has 0 aliphatic carbocycles. The summed E-state index contributed by atoms with van der Waals surface area (Å²) in [6, 6.07) is 7.89. The average Bonchev–Trinajstić information content (AvgIpc) is 3.22. The molecule has 3 unspecified atom stereocenters. The fraction of sp³-hybridized carbons (Fsp3) is 0.724. The summed E-state index contributed by atoms with van der Waals surface area (Å²) in [4.78, 5) is 23.9. The minimum atomic E-state index is -0.0447. The van der Waals surface area contributed by atoms with Crippen molar-refractivity contribution in [3.05, 3.63) is 29.8 Å². The number of hydrogen-bond donors (Lipinski definition) is 2. The number of thioether (sulfide) groups is 1. The second-order valence-electron chi connectivity index (χ2n) is 9.84. The lowest BCUT2D eigenvalue weighted by molar-refractivity contribution is -0.121. The van der Waals surface area contributed by atoms with Crippen molar-refractivity contribution >= 4 is 29.3 Å². The zero-order chi connectivity index (χ0) is 26.7. The van der Waals surface area contributed by atoms with Gasteiger partial charge < -0.3 is 24.8 Å². The van der Waals surface area contributed by atoms with Gasteiger partial charge in [0.2, 0.25) is 11.8 Å². The predicted molar refractivity (Wildman–Crippen MR) is 152 cm³/mol. The van der Waals surface area contributed by atoms with Gasteiger partial charge in [-0.1, -0.05) is 39.3 Å². The third-order valence-electron chi connectivity index (χ3n) is 6.84. The molecule has 3 atom stereocenters. The molecule has 1 aliphatic heterocycles. The Balaban J connectivity index is 1.29. The number of hydrogen-bond acceptors (Lipinski definition) is 6. The number of benzene rings is 1. The van der Waals surface area contributed by atoms with E-state index < -0.39 is 0 Å². The van der Waals surface area contributed by atoms with Crippen molar-refractivity contribution in [3.8, 4) is 0 Å². The van der Waals surface area contributed by atoms with Gasteiger partial charge in [-0.3, -0.25) is 9.59 Å². The van der Waals surface area contributed by atoms with Crippen molar-refractivity contribution in [2.45, 2.75) is 71.0 Å². The maximum atomic E-state index is 12.0. The lowest BCUT2D eigenvalue weighted by atomic mass is 9.92. The quantitative estimate of drug-likeness (QED) is 0.226. The highest BCUT2D eigenvalue weighted by Gasteiger charge is 2.29. The first-order valence-electron chi connectivity index (χ1n) is 14.0. The Morgan fingerprint density at radius 3 is 2.24 bits per heavy atom. The molecule has 0 spiro atoms. The van der Waals surface area contributed by atoms with Crippen LogP contribution < -0.4 is 10.6 Å². The van der Waals surface area contributed by atoms with E-state index >= 15 is 0 Å². The molecule has 0 bridgehead atoms. The van der Waals surface area contributed by atoms with Gasteiger partial charge in [-0.25, -0.2) is 0 Å². The smallest absolute Gasteiger partial charge is 0.226 e. The van der Waals surface area contributed by atoms with E-state index in [0.29, 0.717) is 59.0 Å². The van der Waals surface area contributed by atoms with Crippen LogP contribution in [0.3, 0.4) is 0 Å². The molecule has 8 heteroatoms. The van der Waals surface area contributed by atoms with Crippen molar-refractivity contribution < 1.29 is 23.8 Å². The Labute approximate surface area is 228 Å². The zero-order valence-corrected chi connectivity index (χ0v) is 23.9. The molecular weight excluding hydrogens is 488 g/mol. The molecule has 2 amide bonds. The second kappa shape index (κ2) is 19.5. The molecule has 2 N–H and O–H groups in total. The van der Waals surface area contributed by atoms with E-state index in [4.69, 9.17) is 14.2 Å². The number of carbonyl (C=O) groups excluding carboxylic acids is 2. The minimum absolute atomic E-state index is 0.0447. The van der Waals surface area contributed by atoms with Gasteiger partial charge in [0.05, 0.1) is 32.8 Å². The average molecular weight is 537 g/mol. The van der Waals surface area contributed by atoms with Gasteiger partial charge in [0.25, 0.3) is 0 Å². The first kappa shape index (κ1) is 31.6. The molecule has 2 rings (SSSR count). The summed E-state index contributed by atoms with van der Waals surface area (Å²) in [6.07, 6.45) is 6.01. The van der Waals surface area contributed by atoms with Crippen molar-refractivity contribution in [2.24, 2.45) is 11.8 Å². The first-order valence-corrected chi connectivity index (χ1v) is 15.0.